The van der Waals surface area contributed by atoms with E-state index in [4.69, 9.17) is 10.5 Å². The minimum atomic E-state index is -0.0937. The van der Waals surface area contributed by atoms with Crippen LogP contribution in [0.15, 0.2) is 24.3 Å². The van der Waals surface area contributed by atoms with Crippen molar-refractivity contribution in [2.75, 3.05) is 18.1 Å². The van der Waals surface area contributed by atoms with Crippen LogP contribution in [0.2, 0.25) is 0 Å². The number of fused-ring (bicyclic) bond motifs is 1. The lowest BCUT2D eigenvalue weighted by molar-refractivity contribution is -0.119. The summed E-state index contributed by atoms with van der Waals surface area (Å²) in [6.45, 7) is 5.42. The highest BCUT2D eigenvalue weighted by molar-refractivity contribution is 5.95. The van der Waals surface area contributed by atoms with Gasteiger partial charge in [0, 0.05) is 19.0 Å². The van der Waals surface area contributed by atoms with Crippen molar-refractivity contribution in [1.29, 1.82) is 0 Å². The minimum absolute atomic E-state index is 0.0825. The number of hydrogen-bond acceptors (Lipinski definition) is 3. The molecule has 1 aromatic carbocycles. The first-order chi connectivity index (χ1) is 9.09. The molecule has 0 saturated heterocycles. The van der Waals surface area contributed by atoms with Crippen molar-refractivity contribution >= 4 is 11.6 Å². The number of amides is 1. The van der Waals surface area contributed by atoms with E-state index < -0.39 is 0 Å². The molecule has 0 saturated carbocycles. The number of benzene rings is 1. The molecule has 1 aliphatic rings. The number of nitrogens with two attached hydrogens (primary N) is 1. The molecule has 1 aliphatic heterocycles. The molecule has 104 valence electrons. The van der Waals surface area contributed by atoms with Crippen LogP contribution in [-0.2, 0) is 4.79 Å². The third-order valence-corrected chi connectivity index (χ3v) is 3.51. The number of ether oxygens (including phenoxy) is 1. The number of nitrogens with zero attached hydrogens (tertiary/aromatic N) is 1. The molecule has 0 aliphatic carbocycles. The molecule has 2 rings (SSSR count). The maximum absolute atomic E-state index is 12.4. The van der Waals surface area contributed by atoms with Crippen LogP contribution in [0, 0.1) is 5.92 Å². The number of para-hydroxylation sites is 2. The lowest BCUT2D eigenvalue weighted by atomic mass is 10.0. The van der Waals surface area contributed by atoms with Gasteiger partial charge >= 0.3 is 0 Å². The Morgan fingerprint density at radius 2 is 2.16 bits per heavy atom. The lowest BCUT2D eigenvalue weighted by Crippen LogP contribution is -2.38. The summed E-state index contributed by atoms with van der Waals surface area (Å²) in [5.41, 5.74) is 6.87. The summed E-state index contributed by atoms with van der Waals surface area (Å²) in [4.78, 5) is 14.2. The fourth-order valence-corrected chi connectivity index (χ4v) is 2.13. The number of carbonyl (C=O) groups excluding carboxylic acids is 1. The molecule has 0 radical (unpaired) electrons. The Hall–Kier alpha value is -1.55. The molecular weight excluding hydrogens is 240 g/mol. The molecule has 1 atom stereocenters. The van der Waals surface area contributed by atoms with Crippen LogP contribution < -0.4 is 15.4 Å². The number of hydrogen-bond donors (Lipinski definition) is 1. The van der Waals surface area contributed by atoms with Crippen LogP contribution in [0.4, 0.5) is 5.69 Å². The van der Waals surface area contributed by atoms with E-state index in [-0.39, 0.29) is 11.9 Å². The average Bonchev–Trinajstić information content (AvgIpc) is 2.60. The molecule has 0 bridgehead atoms. The standard InChI is InChI=1S/C15H22N2O2/c1-11(2)12(16)10-15(18)17-8-5-9-19-14-7-4-3-6-13(14)17/h3-4,6-7,11-12H,5,8-10,16H2,1-2H3. The topological polar surface area (TPSA) is 55.6 Å². The average molecular weight is 262 g/mol. The van der Waals surface area contributed by atoms with E-state index in [0.717, 1.165) is 17.9 Å². The van der Waals surface area contributed by atoms with E-state index in [1.54, 1.807) is 0 Å². The molecule has 1 amide bonds. The monoisotopic (exact) mass is 262 g/mol. The van der Waals surface area contributed by atoms with E-state index in [9.17, 15) is 4.79 Å². The fourth-order valence-electron chi connectivity index (χ4n) is 2.13. The third-order valence-electron chi connectivity index (χ3n) is 3.51. The van der Waals surface area contributed by atoms with Gasteiger partial charge in [0.15, 0.2) is 0 Å². The van der Waals surface area contributed by atoms with Gasteiger partial charge in [0.05, 0.1) is 12.3 Å². The Labute approximate surface area is 114 Å². The van der Waals surface area contributed by atoms with Gasteiger partial charge in [0.25, 0.3) is 0 Å². The van der Waals surface area contributed by atoms with E-state index >= 15 is 0 Å². The van der Waals surface area contributed by atoms with Gasteiger partial charge in [0.1, 0.15) is 5.75 Å². The molecular formula is C15H22N2O2. The van der Waals surface area contributed by atoms with Crippen molar-refractivity contribution in [3.05, 3.63) is 24.3 Å². The predicted molar refractivity (Wildman–Crippen MR) is 76.3 cm³/mol. The SMILES string of the molecule is CC(C)C(N)CC(=O)N1CCCOc2ccccc21. The summed E-state index contributed by atoms with van der Waals surface area (Å²) in [6.07, 6.45) is 1.23. The van der Waals surface area contributed by atoms with E-state index in [1.165, 1.54) is 0 Å². The molecule has 4 nitrogen and oxygen atoms in total. The Bertz CT molecular complexity index is 446. The second-order valence-electron chi connectivity index (χ2n) is 5.33. The lowest BCUT2D eigenvalue weighted by Gasteiger charge is -2.24. The van der Waals surface area contributed by atoms with Gasteiger partial charge in [0.2, 0.25) is 5.91 Å². The quantitative estimate of drug-likeness (QED) is 0.908. The van der Waals surface area contributed by atoms with Gasteiger partial charge in [-0.2, -0.15) is 0 Å². The van der Waals surface area contributed by atoms with Crippen LogP contribution in [0.3, 0.4) is 0 Å². The first-order valence-corrected chi connectivity index (χ1v) is 6.87. The molecule has 1 unspecified atom stereocenters. The maximum Gasteiger partial charge on any atom is 0.228 e. The first-order valence-electron chi connectivity index (χ1n) is 6.87. The Morgan fingerprint density at radius 3 is 2.89 bits per heavy atom. The van der Waals surface area contributed by atoms with Gasteiger partial charge in [-0.15, -0.1) is 0 Å². The van der Waals surface area contributed by atoms with Gasteiger partial charge < -0.3 is 15.4 Å². The minimum Gasteiger partial charge on any atom is -0.491 e. The first kappa shape index (κ1) is 13.9. The van der Waals surface area contributed by atoms with E-state index in [1.807, 2.05) is 43.0 Å². The molecule has 4 heteroatoms. The van der Waals surface area contributed by atoms with Gasteiger partial charge in [-0.1, -0.05) is 26.0 Å². The molecule has 0 spiro atoms. The highest BCUT2D eigenvalue weighted by atomic mass is 16.5. The molecule has 1 aromatic rings. The largest absolute Gasteiger partial charge is 0.491 e. The van der Waals surface area contributed by atoms with Crippen LogP contribution >= 0.6 is 0 Å². The zero-order valence-electron chi connectivity index (χ0n) is 11.6. The van der Waals surface area contributed by atoms with E-state index in [2.05, 4.69) is 0 Å². The smallest absolute Gasteiger partial charge is 0.228 e. The number of anilines is 1. The summed E-state index contributed by atoms with van der Waals surface area (Å²) in [5.74, 6) is 1.17. The highest BCUT2D eigenvalue weighted by Gasteiger charge is 2.24. The normalized spacial score (nSPS) is 16.5. The van der Waals surface area contributed by atoms with Crippen molar-refractivity contribution in [3.63, 3.8) is 0 Å². The third kappa shape index (κ3) is 3.26. The second kappa shape index (κ2) is 6.06. The Balaban J connectivity index is 2.17. The molecule has 0 fully saturated rings. The van der Waals surface area contributed by atoms with Crippen LogP contribution in [0.25, 0.3) is 0 Å². The zero-order chi connectivity index (χ0) is 13.8. The van der Waals surface area contributed by atoms with Gasteiger partial charge in [-0.3, -0.25) is 4.79 Å². The maximum atomic E-state index is 12.4. The van der Waals surface area contributed by atoms with Crippen LogP contribution in [-0.4, -0.2) is 25.1 Å². The molecule has 19 heavy (non-hydrogen) atoms. The highest BCUT2D eigenvalue weighted by Crippen LogP contribution is 2.31. The van der Waals surface area contributed by atoms with Crippen LogP contribution in [0.5, 0.6) is 5.75 Å². The van der Waals surface area contributed by atoms with Crippen molar-refractivity contribution in [2.45, 2.75) is 32.7 Å². The number of rotatable bonds is 3. The van der Waals surface area contributed by atoms with Crippen molar-refractivity contribution < 1.29 is 9.53 Å². The summed E-state index contributed by atoms with van der Waals surface area (Å²) in [7, 11) is 0. The van der Waals surface area contributed by atoms with Gasteiger partial charge in [-0.05, 0) is 24.5 Å². The predicted octanol–water partition coefficient (Wildman–Crippen LogP) is 2.18. The van der Waals surface area contributed by atoms with E-state index in [0.29, 0.717) is 25.5 Å². The fraction of sp³-hybridized carbons (Fsp3) is 0.533. The summed E-state index contributed by atoms with van der Waals surface area (Å²) in [6, 6.07) is 7.59. The summed E-state index contributed by atoms with van der Waals surface area (Å²) >= 11 is 0. The Morgan fingerprint density at radius 1 is 1.42 bits per heavy atom. The van der Waals surface area contributed by atoms with Crippen molar-refractivity contribution in [1.82, 2.24) is 0 Å². The summed E-state index contributed by atoms with van der Waals surface area (Å²) in [5, 5.41) is 0. The van der Waals surface area contributed by atoms with Gasteiger partial charge in [-0.25, -0.2) is 0 Å². The van der Waals surface area contributed by atoms with Crippen LogP contribution in [0.1, 0.15) is 26.7 Å². The number of carbonyl (C=O) groups is 1. The molecule has 2 N–H and O–H groups in total. The van der Waals surface area contributed by atoms with Crippen molar-refractivity contribution in [3.8, 4) is 5.75 Å². The summed E-state index contributed by atoms with van der Waals surface area (Å²) < 4.78 is 5.66. The Kier molecular flexibility index (Phi) is 4.43. The second-order valence-corrected chi connectivity index (χ2v) is 5.33. The zero-order valence-corrected chi connectivity index (χ0v) is 11.6. The molecule has 1 heterocycles. The van der Waals surface area contributed by atoms with Crippen molar-refractivity contribution in [2.24, 2.45) is 11.7 Å². The molecule has 0 aromatic heterocycles.